The van der Waals surface area contributed by atoms with Crippen LogP contribution in [0.4, 0.5) is 0 Å². The largest absolute Gasteiger partial charge is 0.490 e. The maximum Gasteiger partial charge on any atom is 0.261 e. The number of rotatable bonds is 5. The molecule has 5 nitrogen and oxygen atoms in total. The molecule has 0 spiro atoms. The van der Waals surface area contributed by atoms with Crippen molar-refractivity contribution in [3.05, 3.63) is 62.6 Å². The summed E-state index contributed by atoms with van der Waals surface area (Å²) < 4.78 is 5.68. The number of fused-ring (bicyclic) bond motifs is 1. The molecule has 1 N–H and O–H groups in total. The summed E-state index contributed by atoms with van der Waals surface area (Å²) in [6.07, 6.45) is -1.03. The Labute approximate surface area is 161 Å². The predicted octanol–water partition coefficient (Wildman–Crippen LogP) is 3.65. The fraction of sp³-hybridized carbons (Fsp3) is 0.263. The number of aryl methyl sites for hydroxylation is 2. The van der Waals surface area contributed by atoms with Crippen LogP contribution < -0.4 is 4.74 Å². The summed E-state index contributed by atoms with van der Waals surface area (Å²) in [7, 11) is 0. The number of aliphatic hydroxyl groups excluding tert-OH is 1. The zero-order chi connectivity index (χ0) is 19.0. The number of imide groups is 1. The minimum atomic E-state index is -1.03. The number of hydrogen-bond acceptors (Lipinski definition) is 4. The molecule has 7 heteroatoms. The molecule has 26 heavy (non-hydrogen) atoms. The Morgan fingerprint density at radius 3 is 2.04 bits per heavy atom. The number of benzene rings is 2. The molecule has 136 valence electrons. The molecular formula is C19H17Cl2NO4. The first-order valence-corrected chi connectivity index (χ1v) is 8.77. The summed E-state index contributed by atoms with van der Waals surface area (Å²) in [5.41, 5.74) is 2.27. The van der Waals surface area contributed by atoms with Gasteiger partial charge >= 0.3 is 0 Å². The van der Waals surface area contributed by atoms with E-state index in [1.165, 1.54) is 12.1 Å². The standard InChI is InChI=1S/C19H17Cl2NO4/c1-10-4-3-5-11(2)17(10)26-9-12(23)8-22-18(24)13-6-15(20)16(21)7-14(13)19(22)25/h3-7,12,23H,8-9H2,1-2H3/t12-/m0/s1. The Hall–Kier alpha value is -2.08. The summed E-state index contributed by atoms with van der Waals surface area (Å²) >= 11 is 11.8. The molecule has 3 rings (SSSR count). The molecule has 0 bridgehead atoms. The summed E-state index contributed by atoms with van der Waals surface area (Å²) in [6, 6.07) is 8.49. The van der Waals surface area contributed by atoms with Crippen LogP contribution in [0.1, 0.15) is 31.8 Å². The Balaban J connectivity index is 1.69. The summed E-state index contributed by atoms with van der Waals surface area (Å²) in [6.45, 7) is 3.60. The monoisotopic (exact) mass is 393 g/mol. The second kappa shape index (κ2) is 7.27. The van der Waals surface area contributed by atoms with E-state index in [9.17, 15) is 14.7 Å². The van der Waals surface area contributed by atoms with E-state index in [0.717, 1.165) is 16.0 Å². The van der Waals surface area contributed by atoms with Crippen LogP contribution in [-0.2, 0) is 0 Å². The Bertz CT molecular complexity index is 836. The molecule has 0 saturated heterocycles. The van der Waals surface area contributed by atoms with Gasteiger partial charge in [-0.05, 0) is 37.1 Å². The molecule has 0 fully saturated rings. The van der Waals surface area contributed by atoms with Crippen molar-refractivity contribution in [2.45, 2.75) is 20.0 Å². The van der Waals surface area contributed by atoms with Gasteiger partial charge in [0.15, 0.2) is 0 Å². The average molecular weight is 394 g/mol. The van der Waals surface area contributed by atoms with Crippen LogP contribution in [0.15, 0.2) is 30.3 Å². The van der Waals surface area contributed by atoms with Crippen molar-refractivity contribution < 1.29 is 19.4 Å². The SMILES string of the molecule is Cc1cccc(C)c1OC[C@@H](O)CN1C(=O)c2cc(Cl)c(Cl)cc2C1=O. The molecule has 1 aliphatic rings. The number of ether oxygens (including phenoxy) is 1. The highest BCUT2D eigenvalue weighted by Gasteiger charge is 2.37. The van der Waals surface area contributed by atoms with E-state index in [4.69, 9.17) is 27.9 Å². The van der Waals surface area contributed by atoms with Crippen molar-refractivity contribution in [3.63, 3.8) is 0 Å². The first-order chi connectivity index (χ1) is 12.3. The molecule has 2 aromatic carbocycles. The molecular weight excluding hydrogens is 377 g/mol. The highest BCUT2D eigenvalue weighted by Crippen LogP contribution is 2.31. The topological polar surface area (TPSA) is 66.8 Å². The molecule has 2 amide bonds. The summed E-state index contributed by atoms with van der Waals surface area (Å²) in [5, 5.41) is 10.7. The van der Waals surface area contributed by atoms with E-state index in [0.29, 0.717) is 5.75 Å². The van der Waals surface area contributed by atoms with E-state index in [2.05, 4.69) is 0 Å². The molecule has 0 radical (unpaired) electrons. The number of nitrogens with zero attached hydrogens (tertiary/aromatic N) is 1. The number of hydrogen-bond donors (Lipinski definition) is 1. The van der Waals surface area contributed by atoms with Crippen molar-refractivity contribution >= 4 is 35.0 Å². The number of carbonyl (C=O) groups is 2. The number of aliphatic hydroxyl groups is 1. The molecule has 1 aliphatic heterocycles. The highest BCUT2D eigenvalue weighted by molar-refractivity contribution is 6.43. The van der Waals surface area contributed by atoms with Gasteiger partial charge in [0.25, 0.3) is 11.8 Å². The smallest absolute Gasteiger partial charge is 0.261 e. The van der Waals surface area contributed by atoms with Crippen molar-refractivity contribution in [2.75, 3.05) is 13.2 Å². The molecule has 2 aromatic rings. The van der Waals surface area contributed by atoms with Crippen molar-refractivity contribution in [3.8, 4) is 5.75 Å². The van der Waals surface area contributed by atoms with Crippen molar-refractivity contribution in [2.24, 2.45) is 0 Å². The quantitative estimate of drug-likeness (QED) is 0.787. The zero-order valence-corrected chi connectivity index (χ0v) is 15.8. The van der Waals surface area contributed by atoms with Crippen LogP contribution in [0.3, 0.4) is 0 Å². The summed E-state index contributed by atoms with van der Waals surface area (Å²) in [5.74, 6) is -0.322. The first kappa shape index (κ1) is 18.7. The lowest BCUT2D eigenvalue weighted by molar-refractivity contribution is 0.0455. The number of amides is 2. The fourth-order valence-electron chi connectivity index (χ4n) is 2.92. The normalized spacial score (nSPS) is 14.6. The van der Waals surface area contributed by atoms with Crippen LogP contribution in [0, 0.1) is 13.8 Å². The van der Waals surface area contributed by atoms with E-state index >= 15 is 0 Å². The lowest BCUT2D eigenvalue weighted by Crippen LogP contribution is -2.39. The van der Waals surface area contributed by atoms with E-state index in [-0.39, 0.29) is 34.3 Å². The van der Waals surface area contributed by atoms with Crippen molar-refractivity contribution in [1.82, 2.24) is 4.90 Å². The van der Waals surface area contributed by atoms with E-state index < -0.39 is 17.9 Å². The van der Waals surface area contributed by atoms with Gasteiger partial charge in [0, 0.05) is 0 Å². The Kier molecular flexibility index (Phi) is 5.23. The third-order valence-corrected chi connectivity index (χ3v) is 4.96. The van der Waals surface area contributed by atoms with Gasteiger partial charge in [0.1, 0.15) is 18.5 Å². The molecule has 0 aromatic heterocycles. The van der Waals surface area contributed by atoms with Crippen LogP contribution in [-0.4, -0.2) is 41.1 Å². The van der Waals surface area contributed by atoms with Gasteiger partial charge in [-0.3, -0.25) is 14.5 Å². The van der Waals surface area contributed by atoms with Crippen LogP contribution in [0.25, 0.3) is 0 Å². The van der Waals surface area contributed by atoms with Crippen molar-refractivity contribution in [1.29, 1.82) is 0 Å². The Morgan fingerprint density at radius 2 is 1.54 bits per heavy atom. The van der Waals surface area contributed by atoms with Crippen LogP contribution >= 0.6 is 23.2 Å². The second-order valence-electron chi connectivity index (χ2n) is 6.22. The predicted molar refractivity (Wildman–Crippen MR) is 99.2 cm³/mol. The van der Waals surface area contributed by atoms with Gasteiger partial charge in [-0.15, -0.1) is 0 Å². The number of carbonyl (C=O) groups excluding carboxylic acids is 2. The zero-order valence-electron chi connectivity index (χ0n) is 14.3. The fourth-order valence-corrected chi connectivity index (χ4v) is 3.25. The van der Waals surface area contributed by atoms with Crippen LogP contribution in [0.2, 0.25) is 10.0 Å². The summed E-state index contributed by atoms with van der Waals surface area (Å²) in [4.78, 5) is 25.9. The maximum atomic E-state index is 12.4. The first-order valence-electron chi connectivity index (χ1n) is 8.02. The molecule has 1 heterocycles. The number of β-amino-alcohol motifs (C(OH)–C–C–N with tert-alkyl or cyclic N) is 1. The van der Waals surface area contributed by atoms with E-state index in [1.807, 2.05) is 32.0 Å². The molecule has 0 saturated carbocycles. The van der Waals surface area contributed by atoms with Gasteiger partial charge in [-0.1, -0.05) is 41.4 Å². The lowest BCUT2D eigenvalue weighted by atomic mass is 10.1. The lowest BCUT2D eigenvalue weighted by Gasteiger charge is -2.20. The maximum absolute atomic E-state index is 12.4. The minimum Gasteiger partial charge on any atom is -0.490 e. The third kappa shape index (κ3) is 3.43. The Morgan fingerprint density at radius 1 is 1.04 bits per heavy atom. The second-order valence-corrected chi connectivity index (χ2v) is 7.03. The van der Waals surface area contributed by atoms with Gasteiger partial charge in [-0.25, -0.2) is 0 Å². The van der Waals surface area contributed by atoms with Gasteiger partial charge in [0.05, 0.1) is 27.7 Å². The van der Waals surface area contributed by atoms with Gasteiger partial charge in [-0.2, -0.15) is 0 Å². The third-order valence-electron chi connectivity index (χ3n) is 4.23. The van der Waals surface area contributed by atoms with Gasteiger partial charge in [0.2, 0.25) is 0 Å². The van der Waals surface area contributed by atoms with Gasteiger partial charge < -0.3 is 9.84 Å². The highest BCUT2D eigenvalue weighted by atomic mass is 35.5. The molecule has 0 aliphatic carbocycles. The number of halogens is 2. The van der Waals surface area contributed by atoms with E-state index in [1.54, 1.807) is 0 Å². The molecule has 1 atom stereocenters. The minimum absolute atomic E-state index is 0.0411. The number of para-hydroxylation sites is 1. The van der Waals surface area contributed by atoms with Crippen LogP contribution in [0.5, 0.6) is 5.75 Å². The average Bonchev–Trinajstić information content (AvgIpc) is 2.80. The molecule has 0 unspecified atom stereocenters.